The number of hydrogen-bond donors (Lipinski definition) is 1. The molecule has 1 aromatic rings. The minimum absolute atomic E-state index is 0.00403. The van der Waals surface area contributed by atoms with Crippen LogP contribution in [0.1, 0.15) is 25.8 Å². The number of amides is 1. The van der Waals surface area contributed by atoms with Gasteiger partial charge in [-0.2, -0.15) is 0 Å². The Hall–Kier alpha value is -1.51. The molecule has 0 spiro atoms. The van der Waals surface area contributed by atoms with Crippen molar-refractivity contribution in [3.63, 3.8) is 0 Å². The Bertz CT molecular complexity index is 410. The number of fused-ring (bicyclic) bond motifs is 1. The molecule has 1 aliphatic heterocycles. The van der Waals surface area contributed by atoms with Crippen LogP contribution in [0.2, 0.25) is 0 Å². The van der Waals surface area contributed by atoms with Crippen LogP contribution in [0.15, 0.2) is 18.2 Å². The summed E-state index contributed by atoms with van der Waals surface area (Å²) in [5.74, 6) is 0.751. The maximum Gasteiger partial charge on any atom is 0.228 e. The zero-order chi connectivity index (χ0) is 11.1. The lowest BCUT2D eigenvalue weighted by molar-refractivity contribution is -0.118. The van der Waals surface area contributed by atoms with Crippen molar-refractivity contribution in [1.82, 2.24) is 0 Å². The van der Waals surface area contributed by atoms with Crippen LogP contribution < -0.4 is 10.1 Å². The quantitative estimate of drug-likeness (QED) is 0.706. The average molecular weight is 205 g/mol. The van der Waals surface area contributed by atoms with Gasteiger partial charge in [0.05, 0.1) is 12.1 Å². The largest absolute Gasteiger partial charge is 0.485 e. The van der Waals surface area contributed by atoms with Gasteiger partial charge in [-0.3, -0.25) is 4.79 Å². The molecule has 2 rings (SSSR count). The van der Waals surface area contributed by atoms with E-state index in [-0.39, 0.29) is 5.91 Å². The molecule has 0 aromatic heterocycles. The molecule has 15 heavy (non-hydrogen) atoms. The minimum atomic E-state index is -0.440. The maximum absolute atomic E-state index is 11.6. The Morgan fingerprint density at radius 2 is 2.13 bits per heavy atom. The van der Waals surface area contributed by atoms with Crippen molar-refractivity contribution in [2.45, 2.75) is 32.8 Å². The van der Waals surface area contributed by atoms with Gasteiger partial charge in [0.2, 0.25) is 5.91 Å². The van der Waals surface area contributed by atoms with Crippen LogP contribution in [-0.4, -0.2) is 11.5 Å². The lowest BCUT2D eigenvalue weighted by Crippen LogP contribution is -2.30. The predicted octanol–water partition coefficient (Wildman–Crippen LogP) is 2.49. The number of hydrogen-bond acceptors (Lipinski definition) is 2. The Kier molecular flexibility index (Phi) is 2.18. The van der Waals surface area contributed by atoms with Gasteiger partial charge in [-0.05, 0) is 38.5 Å². The summed E-state index contributed by atoms with van der Waals surface area (Å²) in [5, 5.41) is 2.85. The Labute approximate surface area is 89.4 Å². The van der Waals surface area contributed by atoms with Gasteiger partial charge in [0.15, 0.2) is 0 Å². The van der Waals surface area contributed by atoms with Crippen molar-refractivity contribution >= 4 is 11.6 Å². The fraction of sp³-hybridized carbons (Fsp3) is 0.417. The Morgan fingerprint density at radius 3 is 2.87 bits per heavy atom. The second-order valence-electron chi connectivity index (χ2n) is 4.59. The second-order valence-corrected chi connectivity index (χ2v) is 4.59. The summed E-state index contributed by atoms with van der Waals surface area (Å²) < 4.78 is 5.79. The zero-order valence-electron chi connectivity index (χ0n) is 9.26. The van der Waals surface area contributed by atoms with E-state index in [0.29, 0.717) is 6.42 Å². The fourth-order valence-electron chi connectivity index (χ4n) is 1.75. The molecule has 0 radical (unpaired) electrons. The molecule has 0 atom stereocenters. The number of nitrogens with one attached hydrogen (secondary N) is 1. The van der Waals surface area contributed by atoms with Crippen LogP contribution in [0.25, 0.3) is 0 Å². The highest BCUT2D eigenvalue weighted by Gasteiger charge is 2.28. The van der Waals surface area contributed by atoms with E-state index in [2.05, 4.69) is 5.32 Å². The molecule has 80 valence electrons. The summed E-state index contributed by atoms with van der Waals surface area (Å²) in [5.41, 5.74) is 1.44. The van der Waals surface area contributed by atoms with E-state index < -0.39 is 5.60 Å². The third kappa shape index (κ3) is 2.12. The molecule has 0 aliphatic carbocycles. The first kappa shape index (κ1) is 10.0. The molecule has 0 saturated carbocycles. The molecule has 1 N–H and O–H groups in total. The molecule has 0 unspecified atom stereocenters. The van der Waals surface area contributed by atoms with Crippen LogP contribution in [0.4, 0.5) is 5.69 Å². The van der Waals surface area contributed by atoms with E-state index in [1.165, 1.54) is 0 Å². The van der Waals surface area contributed by atoms with Crippen LogP contribution in [-0.2, 0) is 4.79 Å². The van der Waals surface area contributed by atoms with Crippen LogP contribution >= 0.6 is 0 Å². The first-order valence-corrected chi connectivity index (χ1v) is 5.06. The first-order chi connectivity index (χ1) is 6.96. The summed E-state index contributed by atoms with van der Waals surface area (Å²) in [6, 6.07) is 5.80. The van der Waals surface area contributed by atoms with E-state index in [1.807, 2.05) is 39.0 Å². The standard InChI is InChI=1S/C12H15NO2/c1-8-4-5-10-9(6-8)13-11(14)7-12(2,3)15-10/h4-6H,7H2,1-3H3,(H,13,14). The van der Waals surface area contributed by atoms with Crippen LogP contribution in [0.5, 0.6) is 5.75 Å². The SMILES string of the molecule is Cc1ccc2c(c1)NC(=O)CC(C)(C)O2. The number of rotatable bonds is 0. The minimum Gasteiger partial charge on any atom is -0.485 e. The normalized spacial score (nSPS) is 18.5. The topological polar surface area (TPSA) is 38.3 Å². The van der Waals surface area contributed by atoms with Gasteiger partial charge in [-0.1, -0.05) is 6.07 Å². The van der Waals surface area contributed by atoms with Crippen LogP contribution in [0.3, 0.4) is 0 Å². The lowest BCUT2D eigenvalue weighted by Gasteiger charge is -2.23. The summed E-state index contributed by atoms with van der Waals surface area (Å²) in [6.07, 6.45) is 0.376. The van der Waals surface area contributed by atoms with Gasteiger partial charge in [0.25, 0.3) is 0 Å². The second kappa shape index (κ2) is 3.26. The molecule has 1 heterocycles. The number of benzene rings is 1. The van der Waals surface area contributed by atoms with Crippen molar-refractivity contribution in [2.75, 3.05) is 5.32 Å². The van der Waals surface area contributed by atoms with E-state index in [4.69, 9.17) is 4.74 Å². The molecular weight excluding hydrogens is 190 g/mol. The number of ether oxygens (including phenoxy) is 1. The molecule has 3 nitrogen and oxygen atoms in total. The molecule has 0 bridgehead atoms. The average Bonchev–Trinajstić information content (AvgIpc) is 2.18. The Morgan fingerprint density at radius 1 is 1.40 bits per heavy atom. The highest BCUT2D eigenvalue weighted by molar-refractivity contribution is 5.93. The first-order valence-electron chi connectivity index (χ1n) is 5.06. The van der Waals surface area contributed by atoms with Crippen molar-refractivity contribution < 1.29 is 9.53 Å². The summed E-state index contributed by atoms with van der Waals surface area (Å²) in [7, 11) is 0. The molecule has 1 aromatic carbocycles. The van der Waals surface area contributed by atoms with Gasteiger partial charge < -0.3 is 10.1 Å². The van der Waals surface area contributed by atoms with Gasteiger partial charge in [0, 0.05) is 0 Å². The monoisotopic (exact) mass is 205 g/mol. The Balaban J connectivity index is 2.45. The van der Waals surface area contributed by atoms with E-state index in [1.54, 1.807) is 0 Å². The fourth-order valence-corrected chi connectivity index (χ4v) is 1.75. The summed E-state index contributed by atoms with van der Waals surface area (Å²) in [6.45, 7) is 5.82. The molecule has 0 fully saturated rings. The summed E-state index contributed by atoms with van der Waals surface area (Å²) >= 11 is 0. The molecule has 1 aliphatic rings. The van der Waals surface area contributed by atoms with E-state index >= 15 is 0 Å². The van der Waals surface area contributed by atoms with Gasteiger partial charge in [-0.25, -0.2) is 0 Å². The van der Waals surface area contributed by atoms with E-state index in [9.17, 15) is 4.79 Å². The maximum atomic E-state index is 11.6. The van der Waals surface area contributed by atoms with Gasteiger partial charge in [-0.15, -0.1) is 0 Å². The highest BCUT2D eigenvalue weighted by atomic mass is 16.5. The smallest absolute Gasteiger partial charge is 0.228 e. The summed E-state index contributed by atoms with van der Waals surface area (Å²) in [4.78, 5) is 11.6. The van der Waals surface area contributed by atoms with Gasteiger partial charge >= 0.3 is 0 Å². The van der Waals surface area contributed by atoms with Crippen molar-refractivity contribution in [1.29, 1.82) is 0 Å². The third-order valence-corrected chi connectivity index (χ3v) is 2.38. The number of carbonyl (C=O) groups is 1. The molecule has 3 heteroatoms. The van der Waals surface area contributed by atoms with Crippen LogP contribution in [0, 0.1) is 6.92 Å². The molecule has 1 amide bonds. The van der Waals surface area contributed by atoms with Crippen molar-refractivity contribution in [2.24, 2.45) is 0 Å². The number of anilines is 1. The molecule has 0 saturated heterocycles. The number of aryl methyl sites for hydroxylation is 1. The van der Waals surface area contributed by atoms with Crippen molar-refractivity contribution in [3.8, 4) is 5.75 Å². The zero-order valence-corrected chi connectivity index (χ0v) is 9.26. The van der Waals surface area contributed by atoms with E-state index in [0.717, 1.165) is 17.0 Å². The highest BCUT2D eigenvalue weighted by Crippen LogP contribution is 2.33. The van der Waals surface area contributed by atoms with Gasteiger partial charge in [0.1, 0.15) is 11.4 Å². The third-order valence-electron chi connectivity index (χ3n) is 2.38. The predicted molar refractivity (Wildman–Crippen MR) is 59.1 cm³/mol. The number of carbonyl (C=O) groups excluding carboxylic acids is 1. The molecular formula is C12H15NO2. The lowest BCUT2D eigenvalue weighted by atomic mass is 10.1. The van der Waals surface area contributed by atoms with Crippen molar-refractivity contribution in [3.05, 3.63) is 23.8 Å².